The lowest BCUT2D eigenvalue weighted by atomic mass is 10.1. The lowest BCUT2D eigenvalue weighted by Gasteiger charge is -2.11. The van der Waals surface area contributed by atoms with Crippen molar-refractivity contribution < 1.29 is 19.2 Å². The summed E-state index contributed by atoms with van der Waals surface area (Å²) in [5.74, 6) is 0.101. The molecule has 0 fully saturated rings. The average Bonchev–Trinajstić information content (AvgIpc) is 2.54. The summed E-state index contributed by atoms with van der Waals surface area (Å²) in [6, 6.07) is 10.8. The quantitative estimate of drug-likeness (QED) is 0.518. The summed E-state index contributed by atoms with van der Waals surface area (Å²) in [6.07, 6.45) is 0. The van der Waals surface area contributed by atoms with Gasteiger partial charge in [0, 0.05) is 17.8 Å². The van der Waals surface area contributed by atoms with E-state index in [9.17, 15) is 14.9 Å². The number of benzene rings is 2. The van der Waals surface area contributed by atoms with Crippen molar-refractivity contribution in [2.45, 2.75) is 0 Å². The number of nitro benzene ring substituents is 1. The number of anilines is 2. The van der Waals surface area contributed by atoms with Crippen molar-refractivity contribution in [2.24, 2.45) is 0 Å². The normalized spacial score (nSPS) is 9.91. The molecule has 2 aromatic rings. The molecule has 7 heteroatoms. The zero-order valence-corrected chi connectivity index (χ0v) is 12.0. The molecule has 0 radical (unpaired) electrons. The van der Waals surface area contributed by atoms with Gasteiger partial charge in [-0.1, -0.05) is 0 Å². The summed E-state index contributed by atoms with van der Waals surface area (Å²) < 4.78 is 9.74. The Morgan fingerprint density at radius 2 is 1.82 bits per heavy atom. The van der Waals surface area contributed by atoms with E-state index in [0.29, 0.717) is 17.1 Å². The van der Waals surface area contributed by atoms with Gasteiger partial charge in [-0.25, -0.2) is 4.79 Å². The Kier molecular flexibility index (Phi) is 4.57. The van der Waals surface area contributed by atoms with Crippen LogP contribution in [0.25, 0.3) is 0 Å². The van der Waals surface area contributed by atoms with Crippen LogP contribution in [-0.4, -0.2) is 25.1 Å². The predicted molar refractivity (Wildman–Crippen MR) is 80.7 cm³/mol. The largest absolute Gasteiger partial charge is 0.497 e. The third-order valence-electron chi connectivity index (χ3n) is 2.99. The van der Waals surface area contributed by atoms with Gasteiger partial charge in [-0.2, -0.15) is 0 Å². The number of esters is 1. The van der Waals surface area contributed by atoms with E-state index in [1.54, 1.807) is 31.4 Å². The second-order valence-corrected chi connectivity index (χ2v) is 4.33. The summed E-state index contributed by atoms with van der Waals surface area (Å²) >= 11 is 0. The lowest BCUT2D eigenvalue weighted by molar-refractivity contribution is -0.384. The Morgan fingerprint density at radius 3 is 2.36 bits per heavy atom. The molecule has 2 rings (SSSR count). The van der Waals surface area contributed by atoms with Gasteiger partial charge in [0.25, 0.3) is 5.69 Å². The van der Waals surface area contributed by atoms with E-state index in [1.807, 2.05) is 0 Å². The van der Waals surface area contributed by atoms with Gasteiger partial charge in [0.2, 0.25) is 0 Å². The first-order valence-corrected chi connectivity index (χ1v) is 6.33. The topological polar surface area (TPSA) is 90.7 Å². The van der Waals surface area contributed by atoms with Gasteiger partial charge in [-0.05, 0) is 30.3 Å². The van der Waals surface area contributed by atoms with Crippen molar-refractivity contribution >= 4 is 23.0 Å². The van der Waals surface area contributed by atoms with Gasteiger partial charge in [0.1, 0.15) is 5.75 Å². The fourth-order valence-corrected chi connectivity index (χ4v) is 1.87. The second-order valence-electron chi connectivity index (χ2n) is 4.33. The van der Waals surface area contributed by atoms with Crippen LogP contribution in [0.2, 0.25) is 0 Å². The first-order valence-electron chi connectivity index (χ1n) is 6.33. The summed E-state index contributed by atoms with van der Waals surface area (Å²) in [7, 11) is 2.80. The van der Waals surface area contributed by atoms with Crippen LogP contribution in [-0.2, 0) is 4.74 Å². The molecule has 2 aromatic carbocycles. The van der Waals surface area contributed by atoms with Crippen LogP contribution in [0, 0.1) is 10.1 Å². The standard InChI is InChI=1S/C15H14N2O5/c1-21-12-6-3-10(4-7-12)16-14-9-11(17(19)20)5-8-13(14)15(18)22-2/h3-9,16H,1-2H3. The van der Waals surface area contributed by atoms with E-state index in [4.69, 9.17) is 4.74 Å². The molecule has 1 N–H and O–H groups in total. The average molecular weight is 302 g/mol. The highest BCUT2D eigenvalue weighted by atomic mass is 16.6. The monoisotopic (exact) mass is 302 g/mol. The number of ether oxygens (including phenoxy) is 2. The van der Waals surface area contributed by atoms with Crippen LogP contribution in [0.5, 0.6) is 5.75 Å². The van der Waals surface area contributed by atoms with E-state index in [2.05, 4.69) is 10.1 Å². The van der Waals surface area contributed by atoms with Gasteiger partial charge in [0.15, 0.2) is 0 Å². The summed E-state index contributed by atoms with van der Waals surface area (Å²) in [4.78, 5) is 22.1. The van der Waals surface area contributed by atoms with Crippen LogP contribution in [0.4, 0.5) is 17.1 Å². The van der Waals surface area contributed by atoms with Crippen molar-refractivity contribution in [3.8, 4) is 5.75 Å². The van der Waals surface area contributed by atoms with Gasteiger partial charge in [-0.3, -0.25) is 10.1 Å². The molecule has 0 spiro atoms. The first kappa shape index (κ1) is 15.3. The Morgan fingerprint density at radius 1 is 1.14 bits per heavy atom. The molecular weight excluding hydrogens is 288 g/mol. The highest BCUT2D eigenvalue weighted by molar-refractivity contribution is 5.97. The Balaban J connectivity index is 2.38. The van der Waals surface area contributed by atoms with E-state index >= 15 is 0 Å². The van der Waals surface area contributed by atoms with Crippen molar-refractivity contribution in [1.29, 1.82) is 0 Å². The number of nitro groups is 1. The maximum atomic E-state index is 11.8. The third-order valence-corrected chi connectivity index (χ3v) is 2.99. The number of rotatable bonds is 5. The van der Waals surface area contributed by atoms with E-state index in [-0.39, 0.29) is 11.3 Å². The molecule has 22 heavy (non-hydrogen) atoms. The van der Waals surface area contributed by atoms with E-state index < -0.39 is 10.9 Å². The molecule has 0 unspecified atom stereocenters. The second kappa shape index (κ2) is 6.57. The minimum atomic E-state index is -0.578. The van der Waals surface area contributed by atoms with Crippen molar-refractivity contribution in [3.05, 3.63) is 58.1 Å². The predicted octanol–water partition coefficient (Wildman–Crippen LogP) is 3.13. The molecule has 0 aromatic heterocycles. The number of carbonyl (C=O) groups is 1. The van der Waals surface area contributed by atoms with Crippen molar-refractivity contribution in [3.63, 3.8) is 0 Å². The van der Waals surface area contributed by atoms with Gasteiger partial charge < -0.3 is 14.8 Å². The number of nitrogens with zero attached hydrogens (tertiary/aromatic N) is 1. The third kappa shape index (κ3) is 3.32. The molecule has 0 amide bonds. The van der Waals surface area contributed by atoms with Crippen LogP contribution in [0.15, 0.2) is 42.5 Å². The molecular formula is C15H14N2O5. The number of carbonyl (C=O) groups excluding carboxylic acids is 1. The number of hydrogen-bond donors (Lipinski definition) is 1. The highest BCUT2D eigenvalue weighted by Crippen LogP contribution is 2.27. The van der Waals surface area contributed by atoms with Crippen LogP contribution in [0.1, 0.15) is 10.4 Å². The van der Waals surface area contributed by atoms with Crippen molar-refractivity contribution in [2.75, 3.05) is 19.5 Å². The molecule has 0 heterocycles. The Bertz CT molecular complexity index is 698. The number of methoxy groups -OCH3 is 2. The van der Waals surface area contributed by atoms with Gasteiger partial charge in [0.05, 0.1) is 30.4 Å². The summed E-state index contributed by atoms with van der Waals surface area (Å²) in [6.45, 7) is 0. The maximum absolute atomic E-state index is 11.8. The lowest BCUT2D eigenvalue weighted by Crippen LogP contribution is -2.06. The molecule has 0 saturated carbocycles. The fourth-order valence-electron chi connectivity index (χ4n) is 1.87. The highest BCUT2D eigenvalue weighted by Gasteiger charge is 2.16. The summed E-state index contributed by atoms with van der Waals surface area (Å²) in [5.41, 5.74) is 1.05. The number of nitrogens with one attached hydrogen (secondary N) is 1. The zero-order valence-electron chi connectivity index (χ0n) is 12.0. The number of non-ortho nitro benzene ring substituents is 1. The molecule has 0 aliphatic heterocycles. The summed E-state index contributed by atoms with van der Waals surface area (Å²) in [5, 5.41) is 13.9. The SMILES string of the molecule is COC(=O)c1ccc([N+](=O)[O-])cc1Nc1ccc(OC)cc1. The fraction of sp³-hybridized carbons (Fsp3) is 0.133. The van der Waals surface area contributed by atoms with E-state index in [1.165, 1.54) is 25.3 Å². The minimum Gasteiger partial charge on any atom is -0.497 e. The van der Waals surface area contributed by atoms with Crippen molar-refractivity contribution in [1.82, 2.24) is 0 Å². The van der Waals surface area contributed by atoms with Crippen LogP contribution >= 0.6 is 0 Å². The van der Waals surface area contributed by atoms with Crippen LogP contribution < -0.4 is 10.1 Å². The van der Waals surface area contributed by atoms with E-state index in [0.717, 1.165) is 0 Å². The molecule has 7 nitrogen and oxygen atoms in total. The Hall–Kier alpha value is -3.09. The molecule has 0 saturated heterocycles. The smallest absolute Gasteiger partial charge is 0.339 e. The maximum Gasteiger partial charge on any atom is 0.339 e. The minimum absolute atomic E-state index is 0.122. The Labute approximate surface area is 126 Å². The number of hydrogen-bond acceptors (Lipinski definition) is 6. The molecule has 0 atom stereocenters. The van der Waals surface area contributed by atoms with Crippen LogP contribution in [0.3, 0.4) is 0 Å². The zero-order chi connectivity index (χ0) is 16.1. The van der Waals surface area contributed by atoms with Gasteiger partial charge >= 0.3 is 5.97 Å². The molecule has 0 bridgehead atoms. The molecule has 0 aliphatic carbocycles. The molecule has 0 aliphatic rings. The first-order chi connectivity index (χ1) is 10.5. The van der Waals surface area contributed by atoms with Gasteiger partial charge in [-0.15, -0.1) is 0 Å². The molecule has 114 valence electrons.